The molecule has 7 heteroatoms. The highest BCUT2D eigenvalue weighted by Gasteiger charge is 2.21. The fourth-order valence-corrected chi connectivity index (χ4v) is 4.86. The molecule has 0 atom stereocenters. The van der Waals surface area contributed by atoms with Gasteiger partial charge in [-0.25, -0.2) is 4.98 Å². The Bertz CT molecular complexity index is 1140. The number of aryl methyl sites for hydroxylation is 1. The molecule has 1 amide bonds. The summed E-state index contributed by atoms with van der Waals surface area (Å²) in [4.78, 5) is 25.0. The number of hydrogen-bond donors (Lipinski definition) is 0. The number of para-hydroxylation sites is 1. The lowest BCUT2D eigenvalue weighted by atomic mass is 10.2. The van der Waals surface area contributed by atoms with E-state index in [9.17, 15) is 4.79 Å². The predicted octanol–water partition coefficient (Wildman–Crippen LogP) is 5.33. The molecule has 0 bridgehead atoms. The van der Waals surface area contributed by atoms with Crippen LogP contribution in [-0.2, 0) is 11.3 Å². The van der Waals surface area contributed by atoms with Crippen molar-refractivity contribution in [1.82, 2.24) is 9.97 Å². The van der Waals surface area contributed by atoms with Crippen molar-refractivity contribution in [2.75, 3.05) is 17.8 Å². The van der Waals surface area contributed by atoms with Crippen LogP contribution in [0.3, 0.4) is 0 Å². The van der Waals surface area contributed by atoms with E-state index >= 15 is 0 Å². The molecule has 0 radical (unpaired) electrons. The van der Waals surface area contributed by atoms with E-state index in [1.807, 2.05) is 61.5 Å². The van der Waals surface area contributed by atoms with Crippen molar-refractivity contribution < 1.29 is 9.53 Å². The number of aromatic nitrogens is 2. The smallest absolute Gasteiger partial charge is 0.239 e. The molecule has 4 rings (SSSR count). The van der Waals surface area contributed by atoms with E-state index in [2.05, 4.69) is 4.98 Å². The van der Waals surface area contributed by atoms with Crippen LogP contribution >= 0.6 is 23.1 Å². The van der Waals surface area contributed by atoms with Gasteiger partial charge in [0.15, 0.2) is 5.13 Å². The second kappa shape index (κ2) is 9.28. The summed E-state index contributed by atoms with van der Waals surface area (Å²) in [5, 5.41) is 0.712. The number of anilines is 1. The average Bonchev–Trinajstić information content (AvgIpc) is 3.22. The van der Waals surface area contributed by atoms with Crippen molar-refractivity contribution in [3.8, 4) is 5.75 Å². The summed E-state index contributed by atoms with van der Waals surface area (Å²) in [5.74, 6) is 1.13. The Kier molecular flexibility index (Phi) is 6.30. The fraction of sp³-hybridized carbons (Fsp3) is 0.174. The number of thiazole rings is 1. The van der Waals surface area contributed by atoms with E-state index in [0.717, 1.165) is 32.0 Å². The highest BCUT2D eigenvalue weighted by atomic mass is 32.2. The monoisotopic (exact) mass is 435 g/mol. The summed E-state index contributed by atoms with van der Waals surface area (Å²) in [6.07, 6.45) is 3.52. The van der Waals surface area contributed by atoms with Crippen molar-refractivity contribution in [3.05, 3.63) is 78.1 Å². The molecular weight excluding hydrogens is 414 g/mol. The molecule has 0 N–H and O–H groups in total. The van der Waals surface area contributed by atoms with Crippen LogP contribution in [-0.4, -0.2) is 28.7 Å². The summed E-state index contributed by atoms with van der Waals surface area (Å²) in [5.41, 5.74) is 3.02. The van der Waals surface area contributed by atoms with Gasteiger partial charge in [0.25, 0.3) is 0 Å². The second-order valence-corrected chi connectivity index (χ2v) is 8.78. The molecule has 0 aliphatic rings. The zero-order chi connectivity index (χ0) is 20.9. The Balaban J connectivity index is 1.58. The summed E-state index contributed by atoms with van der Waals surface area (Å²) >= 11 is 3.05. The van der Waals surface area contributed by atoms with Crippen LogP contribution in [0.1, 0.15) is 11.1 Å². The highest BCUT2D eigenvalue weighted by molar-refractivity contribution is 8.00. The number of pyridine rings is 1. The maximum Gasteiger partial charge on any atom is 0.239 e. The van der Waals surface area contributed by atoms with Crippen molar-refractivity contribution in [3.63, 3.8) is 0 Å². The second-order valence-electron chi connectivity index (χ2n) is 6.72. The average molecular weight is 436 g/mol. The van der Waals surface area contributed by atoms with Crippen LogP contribution in [0.2, 0.25) is 0 Å². The minimum absolute atomic E-state index is 0.0105. The van der Waals surface area contributed by atoms with Crippen LogP contribution < -0.4 is 9.64 Å². The standard InChI is InChI=1S/C23H21N3O2S2/c1-16-5-3-7-20-22(16)25-23(30-20)26(14-17-6-4-12-24-13-17)21(27)15-29-19-10-8-18(28-2)9-11-19/h3-13H,14-15H2,1-2H3. The minimum Gasteiger partial charge on any atom is -0.497 e. The molecule has 2 aromatic carbocycles. The molecule has 4 aromatic rings. The number of carbonyl (C=O) groups is 1. The van der Waals surface area contributed by atoms with Crippen LogP contribution in [0, 0.1) is 6.92 Å². The van der Waals surface area contributed by atoms with E-state index < -0.39 is 0 Å². The summed E-state index contributed by atoms with van der Waals surface area (Å²) < 4.78 is 6.28. The number of hydrogen-bond acceptors (Lipinski definition) is 6. The van der Waals surface area contributed by atoms with E-state index in [1.165, 1.54) is 11.8 Å². The summed E-state index contributed by atoms with van der Waals surface area (Å²) in [6, 6.07) is 17.7. The quantitative estimate of drug-likeness (QED) is 0.367. The molecule has 0 aliphatic heterocycles. The fourth-order valence-electron chi connectivity index (χ4n) is 3.02. The molecule has 5 nitrogen and oxygen atoms in total. The third-order valence-electron chi connectivity index (χ3n) is 4.63. The van der Waals surface area contributed by atoms with Gasteiger partial charge in [-0.15, -0.1) is 11.8 Å². The van der Waals surface area contributed by atoms with Crippen LogP contribution in [0.15, 0.2) is 71.9 Å². The summed E-state index contributed by atoms with van der Waals surface area (Å²) in [6.45, 7) is 2.48. The number of nitrogens with zero attached hydrogens (tertiary/aromatic N) is 3. The predicted molar refractivity (Wildman–Crippen MR) is 124 cm³/mol. The van der Waals surface area contributed by atoms with Gasteiger partial charge in [0.2, 0.25) is 5.91 Å². The molecular formula is C23H21N3O2S2. The molecule has 0 spiro atoms. The van der Waals surface area contributed by atoms with Gasteiger partial charge < -0.3 is 4.74 Å². The minimum atomic E-state index is 0.0105. The van der Waals surface area contributed by atoms with Gasteiger partial charge in [0.05, 0.1) is 29.6 Å². The lowest BCUT2D eigenvalue weighted by Crippen LogP contribution is -2.31. The Morgan fingerprint density at radius 1 is 1.13 bits per heavy atom. The first-order valence-corrected chi connectivity index (χ1v) is 11.3. The molecule has 2 aromatic heterocycles. The van der Waals surface area contributed by atoms with Gasteiger partial charge in [-0.05, 0) is 54.4 Å². The first-order chi connectivity index (χ1) is 14.6. The highest BCUT2D eigenvalue weighted by Crippen LogP contribution is 2.32. The zero-order valence-corrected chi connectivity index (χ0v) is 18.4. The molecule has 152 valence electrons. The number of rotatable bonds is 7. The molecule has 0 saturated heterocycles. The Labute approximate surface area is 183 Å². The number of carbonyl (C=O) groups excluding carboxylic acids is 1. The normalized spacial score (nSPS) is 10.9. The first-order valence-electron chi connectivity index (χ1n) is 9.46. The number of amides is 1. The number of benzene rings is 2. The molecule has 0 fully saturated rings. The van der Waals surface area contributed by atoms with Gasteiger partial charge in [0, 0.05) is 17.3 Å². The summed E-state index contributed by atoms with van der Waals surface area (Å²) in [7, 11) is 1.64. The topological polar surface area (TPSA) is 55.3 Å². The van der Waals surface area contributed by atoms with Crippen molar-refractivity contribution >= 4 is 44.4 Å². The van der Waals surface area contributed by atoms with Crippen molar-refractivity contribution in [2.45, 2.75) is 18.4 Å². The number of thioether (sulfide) groups is 1. The molecule has 2 heterocycles. The molecule has 0 aliphatic carbocycles. The largest absolute Gasteiger partial charge is 0.497 e. The third-order valence-corrected chi connectivity index (χ3v) is 6.67. The van der Waals surface area contributed by atoms with Crippen molar-refractivity contribution in [1.29, 1.82) is 0 Å². The molecule has 0 saturated carbocycles. The Morgan fingerprint density at radius 2 is 1.97 bits per heavy atom. The SMILES string of the molecule is COc1ccc(SCC(=O)N(Cc2cccnc2)c2nc3c(C)cccc3s2)cc1. The lowest BCUT2D eigenvalue weighted by molar-refractivity contribution is -0.116. The maximum absolute atomic E-state index is 13.2. The first kappa shape index (κ1) is 20.4. The van der Waals surface area contributed by atoms with E-state index in [1.54, 1.807) is 35.7 Å². The molecule has 30 heavy (non-hydrogen) atoms. The van der Waals surface area contributed by atoms with Gasteiger partial charge in [-0.2, -0.15) is 0 Å². The van der Waals surface area contributed by atoms with Crippen LogP contribution in [0.25, 0.3) is 10.2 Å². The molecule has 0 unspecified atom stereocenters. The number of methoxy groups -OCH3 is 1. The Morgan fingerprint density at radius 3 is 2.67 bits per heavy atom. The van der Waals surface area contributed by atoms with E-state index in [0.29, 0.717) is 17.4 Å². The van der Waals surface area contributed by atoms with Crippen molar-refractivity contribution in [2.24, 2.45) is 0 Å². The van der Waals surface area contributed by atoms with E-state index in [-0.39, 0.29) is 5.91 Å². The zero-order valence-electron chi connectivity index (χ0n) is 16.7. The van der Waals surface area contributed by atoms with Crippen LogP contribution in [0.5, 0.6) is 5.75 Å². The lowest BCUT2D eigenvalue weighted by Gasteiger charge is -2.19. The Hall–Kier alpha value is -2.90. The van der Waals surface area contributed by atoms with E-state index in [4.69, 9.17) is 9.72 Å². The van der Waals surface area contributed by atoms with Gasteiger partial charge >= 0.3 is 0 Å². The maximum atomic E-state index is 13.2. The van der Waals surface area contributed by atoms with Gasteiger partial charge in [-0.1, -0.05) is 29.5 Å². The van der Waals surface area contributed by atoms with Gasteiger partial charge in [-0.3, -0.25) is 14.7 Å². The van der Waals surface area contributed by atoms with Crippen LogP contribution in [0.4, 0.5) is 5.13 Å². The number of fused-ring (bicyclic) bond motifs is 1. The van der Waals surface area contributed by atoms with Gasteiger partial charge in [0.1, 0.15) is 5.75 Å². The third kappa shape index (κ3) is 4.63. The number of ether oxygens (including phenoxy) is 1.